The van der Waals surface area contributed by atoms with E-state index in [1.807, 2.05) is 41.5 Å². The molecule has 0 aliphatic heterocycles. The van der Waals surface area contributed by atoms with Crippen molar-refractivity contribution < 1.29 is 19.1 Å². The Morgan fingerprint density at radius 3 is 1.91 bits per heavy atom. The summed E-state index contributed by atoms with van der Waals surface area (Å²) in [6, 6.07) is 0. The quantitative estimate of drug-likeness (QED) is 0.567. The van der Waals surface area contributed by atoms with Crippen LogP contribution in [0.25, 0.3) is 0 Å². The van der Waals surface area contributed by atoms with Crippen LogP contribution in [0.2, 0.25) is 0 Å². The molecule has 0 aromatic heterocycles. The summed E-state index contributed by atoms with van der Waals surface area (Å²) in [6.07, 6.45) is 1.92. The molecule has 0 saturated heterocycles. The Morgan fingerprint density at radius 2 is 1.45 bits per heavy atom. The van der Waals surface area contributed by atoms with Gasteiger partial charge in [-0.3, -0.25) is 9.59 Å². The summed E-state index contributed by atoms with van der Waals surface area (Å²) in [5.41, 5.74) is -0.278. The molecule has 0 radical (unpaired) electrons. The molecule has 0 heterocycles. The highest BCUT2D eigenvalue weighted by Gasteiger charge is 2.37. The Hall–Kier alpha value is -1.06. The lowest BCUT2D eigenvalue weighted by molar-refractivity contribution is -0.161. The minimum absolute atomic E-state index is 0.0939. The van der Waals surface area contributed by atoms with Crippen molar-refractivity contribution in [1.82, 2.24) is 0 Å². The topological polar surface area (TPSA) is 52.6 Å². The van der Waals surface area contributed by atoms with Crippen LogP contribution in [0.3, 0.4) is 0 Å². The fourth-order valence-corrected chi connectivity index (χ4v) is 2.33. The molecular formula is C18H34O4. The number of ether oxygens (including phenoxy) is 2. The normalized spacial score (nSPS) is 13.3. The number of esters is 2. The molecule has 0 rings (SSSR count). The third-order valence-corrected chi connectivity index (χ3v) is 3.63. The standard InChI is InChI=1S/C18H34O4/c1-8-9-18(6,7)15(17(20)22-12-14(4)5)10-16(19)21-11-13(2)3/h13-15H,8-12H2,1-7H3. The van der Waals surface area contributed by atoms with Gasteiger partial charge in [-0.05, 0) is 23.7 Å². The zero-order valence-corrected chi connectivity index (χ0v) is 15.4. The lowest BCUT2D eigenvalue weighted by Gasteiger charge is -2.32. The minimum Gasteiger partial charge on any atom is -0.465 e. The van der Waals surface area contributed by atoms with E-state index >= 15 is 0 Å². The van der Waals surface area contributed by atoms with E-state index in [2.05, 4.69) is 6.92 Å². The maximum Gasteiger partial charge on any atom is 0.310 e. The van der Waals surface area contributed by atoms with Crippen LogP contribution < -0.4 is 0 Å². The largest absolute Gasteiger partial charge is 0.465 e. The number of carbonyl (C=O) groups is 2. The second kappa shape index (κ2) is 9.86. The number of hydrogen-bond acceptors (Lipinski definition) is 4. The van der Waals surface area contributed by atoms with Crippen molar-refractivity contribution in [3.63, 3.8) is 0 Å². The molecule has 0 amide bonds. The van der Waals surface area contributed by atoms with Crippen LogP contribution in [-0.2, 0) is 19.1 Å². The third-order valence-electron chi connectivity index (χ3n) is 3.63. The van der Waals surface area contributed by atoms with Crippen molar-refractivity contribution in [3.05, 3.63) is 0 Å². The molecule has 1 atom stereocenters. The average Bonchev–Trinajstić information content (AvgIpc) is 2.39. The van der Waals surface area contributed by atoms with Crippen LogP contribution >= 0.6 is 0 Å². The second-order valence-corrected chi connectivity index (χ2v) is 7.60. The van der Waals surface area contributed by atoms with Crippen LogP contribution in [0, 0.1) is 23.2 Å². The molecule has 130 valence electrons. The molecule has 4 heteroatoms. The lowest BCUT2D eigenvalue weighted by Crippen LogP contribution is -2.35. The first kappa shape index (κ1) is 20.9. The summed E-state index contributed by atoms with van der Waals surface area (Å²) in [7, 11) is 0. The van der Waals surface area contributed by atoms with Gasteiger partial charge in [0.05, 0.1) is 25.6 Å². The summed E-state index contributed by atoms with van der Waals surface area (Å²) in [5, 5.41) is 0. The lowest BCUT2D eigenvalue weighted by atomic mass is 9.74. The van der Waals surface area contributed by atoms with Gasteiger partial charge >= 0.3 is 11.9 Å². The molecule has 1 unspecified atom stereocenters. The van der Waals surface area contributed by atoms with Gasteiger partial charge < -0.3 is 9.47 Å². The predicted molar refractivity (Wildman–Crippen MR) is 88.4 cm³/mol. The Morgan fingerprint density at radius 1 is 0.955 bits per heavy atom. The molecule has 4 nitrogen and oxygen atoms in total. The minimum atomic E-state index is -0.453. The van der Waals surface area contributed by atoms with Crippen molar-refractivity contribution in [1.29, 1.82) is 0 Å². The van der Waals surface area contributed by atoms with Gasteiger partial charge in [0, 0.05) is 0 Å². The Kier molecular flexibility index (Phi) is 9.38. The SMILES string of the molecule is CCCC(C)(C)C(CC(=O)OCC(C)C)C(=O)OCC(C)C. The zero-order valence-electron chi connectivity index (χ0n) is 15.4. The van der Waals surface area contributed by atoms with Crippen LogP contribution in [0.1, 0.15) is 67.7 Å². The molecular weight excluding hydrogens is 280 g/mol. The molecule has 0 aromatic carbocycles. The van der Waals surface area contributed by atoms with Crippen LogP contribution in [0.5, 0.6) is 0 Å². The van der Waals surface area contributed by atoms with E-state index < -0.39 is 5.92 Å². The van der Waals surface area contributed by atoms with Gasteiger partial charge in [0.15, 0.2) is 0 Å². The highest BCUT2D eigenvalue weighted by atomic mass is 16.5. The fraction of sp³-hybridized carbons (Fsp3) is 0.889. The molecule has 0 bridgehead atoms. The summed E-state index contributed by atoms with van der Waals surface area (Å²) >= 11 is 0. The van der Waals surface area contributed by atoms with Gasteiger partial charge in [0.2, 0.25) is 0 Å². The van der Waals surface area contributed by atoms with Gasteiger partial charge in [-0.25, -0.2) is 0 Å². The highest BCUT2D eigenvalue weighted by Crippen LogP contribution is 2.35. The summed E-state index contributed by atoms with van der Waals surface area (Å²) in [5.74, 6) is -0.477. The summed E-state index contributed by atoms with van der Waals surface area (Å²) in [6.45, 7) is 14.9. The average molecular weight is 314 g/mol. The first-order chi connectivity index (χ1) is 10.1. The van der Waals surface area contributed by atoms with E-state index in [-0.39, 0.29) is 29.7 Å². The summed E-state index contributed by atoms with van der Waals surface area (Å²) < 4.78 is 10.6. The number of hydrogen-bond donors (Lipinski definition) is 0. The maximum atomic E-state index is 12.4. The van der Waals surface area contributed by atoms with Crippen molar-refractivity contribution in [2.24, 2.45) is 23.2 Å². The van der Waals surface area contributed by atoms with Crippen LogP contribution in [0.15, 0.2) is 0 Å². The molecule has 0 fully saturated rings. The van der Waals surface area contributed by atoms with E-state index in [0.717, 1.165) is 12.8 Å². The van der Waals surface area contributed by atoms with Crippen molar-refractivity contribution in [3.8, 4) is 0 Å². The van der Waals surface area contributed by atoms with Crippen molar-refractivity contribution in [2.75, 3.05) is 13.2 Å². The Bertz CT molecular complexity index is 345. The highest BCUT2D eigenvalue weighted by molar-refractivity contribution is 5.80. The molecule has 0 aromatic rings. The molecule has 22 heavy (non-hydrogen) atoms. The van der Waals surface area contributed by atoms with Gasteiger partial charge in [0.25, 0.3) is 0 Å². The second-order valence-electron chi connectivity index (χ2n) is 7.60. The van der Waals surface area contributed by atoms with Gasteiger partial charge in [-0.2, -0.15) is 0 Å². The van der Waals surface area contributed by atoms with E-state index in [1.54, 1.807) is 0 Å². The zero-order chi connectivity index (χ0) is 17.3. The van der Waals surface area contributed by atoms with E-state index in [1.165, 1.54) is 0 Å². The smallest absolute Gasteiger partial charge is 0.310 e. The fourth-order valence-electron chi connectivity index (χ4n) is 2.33. The van der Waals surface area contributed by atoms with Crippen molar-refractivity contribution in [2.45, 2.75) is 67.7 Å². The Labute approximate surface area is 135 Å². The Balaban J connectivity index is 4.85. The summed E-state index contributed by atoms with van der Waals surface area (Å²) in [4.78, 5) is 24.4. The van der Waals surface area contributed by atoms with Gasteiger partial charge in [0.1, 0.15) is 0 Å². The molecule has 0 aliphatic carbocycles. The van der Waals surface area contributed by atoms with Crippen LogP contribution in [-0.4, -0.2) is 25.2 Å². The van der Waals surface area contributed by atoms with Gasteiger partial charge in [-0.15, -0.1) is 0 Å². The van der Waals surface area contributed by atoms with E-state index in [9.17, 15) is 9.59 Å². The monoisotopic (exact) mass is 314 g/mol. The maximum absolute atomic E-state index is 12.4. The molecule has 0 saturated carbocycles. The van der Waals surface area contributed by atoms with E-state index in [0.29, 0.717) is 19.1 Å². The van der Waals surface area contributed by atoms with Crippen molar-refractivity contribution >= 4 is 11.9 Å². The number of carbonyl (C=O) groups excluding carboxylic acids is 2. The first-order valence-corrected chi connectivity index (χ1v) is 8.42. The first-order valence-electron chi connectivity index (χ1n) is 8.42. The third kappa shape index (κ3) is 8.40. The van der Waals surface area contributed by atoms with E-state index in [4.69, 9.17) is 9.47 Å². The van der Waals surface area contributed by atoms with Crippen LogP contribution in [0.4, 0.5) is 0 Å². The number of rotatable bonds is 10. The van der Waals surface area contributed by atoms with Gasteiger partial charge in [-0.1, -0.05) is 54.9 Å². The molecule has 0 spiro atoms. The molecule has 0 aliphatic rings. The molecule has 0 N–H and O–H groups in total. The predicted octanol–water partition coefficient (Wildman–Crippen LogP) is 4.22.